The minimum absolute atomic E-state index is 0.123. The van der Waals surface area contributed by atoms with Gasteiger partial charge >= 0.3 is 0 Å². The van der Waals surface area contributed by atoms with Crippen molar-refractivity contribution in [3.63, 3.8) is 0 Å². The molecule has 1 saturated heterocycles. The zero-order chi connectivity index (χ0) is 14.8. The molecule has 1 aliphatic rings. The topological polar surface area (TPSA) is 47.4 Å². The van der Waals surface area contributed by atoms with Gasteiger partial charge in [0, 0.05) is 6.54 Å². The Bertz CT molecular complexity index is 456. The molecule has 0 N–H and O–H groups in total. The number of ketones is 1. The van der Waals surface area contributed by atoms with Crippen molar-refractivity contribution in [2.75, 3.05) is 20.2 Å². The van der Waals surface area contributed by atoms with Gasteiger partial charge in [-0.1, -0.05) is 6.92 Å². The summed E-state index contributed by atoms with van der Waals surface area (Å²) >= 11 is 0. The first-order chi connectivity index (χ1) is 9.58. The first kappa shape index (κ1) is 15.0. The molecule has 0 saturated carbocycles. The molecule has 2 rings (SSSR count). The molecule has 0 spiro atoms. The van der Waals surface area contributed by atoms with E-state index in [0.29, 0.717) is 18.0 Å². The number of methoxy groups -OCH3 is 1. The third-order valence-electron chi connectivity index (χ3n) is 4.52. The van der Waals surface area contributed by atoms with Gasteiger partial charge in [-0.3, -0.25) is 14.4 Å². The lowest BCUT2D eigenvalue weighted by molar-refractivity contribution is 0.0632. The molecule has 0 radical (unpaired) electrons. The summed E-state index contributed by atoms with van der Waals surface area (Å²) in [5.74, 6) is 0.703. The number of hydrogen-bond donors (Lipinski definition) is 0. The minimum atomic E-state index is -0.462. The van der Waals surface area contributed by atoms with E-state index in [4.69, 9.17) is 4.74 Å². The third-order valence-corrected chi connectivity index (χ3v) is 4.52. The molecule has 1 aliphatic heterocycles. The summed E-state index contributed by atoms with van der Waals surface area (Å²) in [4.78, 5) is 15.4. The Morgan fingerprint density at radius 1 is 1.40 bits per heavy atom. The molecule has 20 heavy (non-hydrogen) atoms. The minimum Gasteiger partial charge on any atom is -0.493 e. The van der Waals surface area contributed by atoms with Gasteiger partial charge in [0.25, 0.3) is 0 Å². The SMILES string of the molecule is CCn1ncc(OC)c1C(=O)C(C)(CC)N1CCCC1. The lowest BCUT2D eigenvalue weighted by Gasteiger charge is -2.36. The number of carbonyl (C=O) groups is 1. The molecule has 0 aliphatic carbocycles. The summed E-state index contributed by atoms with van der Waals surface area (Å²) in [6.45, 7) is 8.78. The van der Waals surface area contributed by atoms with Crippen LogP contribution in [0.1, 0.15) is 50.5 Å². The Labute approximate surface area is 120 Å². The van der Waals surface area contributed by atoms with Crippen molar-refractivity contribution in [3.05, 3.63) is 11.9 Å². The van der Waals surface area contributed by atoms with E-state index < -0.39 is 5.54 Å². The fourth-order valence-corrected chi connectivity index (χ4v) is 2.98. The van der Waals surface area contributed by atoms with Crippen molar-refractivity contribution in [3.8, 4) is 5.75 Å². The largest absolute Gasteiger partial charge is 0.493 e. The van der Waals surface area contributed by atoms with Crippen LogP contribution in [0.15, 0.2) is 6.20 Å². The highest BCUT2D eigenvalue weighted by atomic mass is 16.5. The van der Waals surface area contributed by atoms with Gasteiger partial charge < -0.3 is 4.74 Å². The Hall–Kier alpha value is -1.36. The van der Waals surface area contributed by atoms with Crippen LogP contribution in [-0.2, 0) is 6.54 Å². The van der Waals surface area contributed by atoms with Crippen LogP contribution >= 0.6 is 0 Å². The van der Waals surface area contributed by atoms with E-state index in [1.807, 2.05) is 13.8 Å². The number of ether oxygens (including phenoxy) is 1. The molecular formula is C15H25N3O2. The summed E-state index contributed by atoms with van der Waals surface area (Å²) in [5, 5.41) is 4.25. The molecule has 112 valence electrons. The number of carbonyl (C=O) groups excluding carboxylic acids is 1. The van der Waals surface area contributed by atoms with E-state index in [1.165, 1.54) is 12.8 Å². The molecule has 2 heterocycles. The van der Waals surface area contributed by atoms with Crippen molar-refractivity contribution in [1.82, 2.24) is 14.7 Å². The van der Waals surface area contributed by atoms with E-state index in [0.717, 1.165) is 19.5 Å². The van der Waals surface area contributed by atoms with Crippen molar-refractivity contribution in [2.24, 2.45) is 0 Å². The number of aryl methyl sites for hydroxylation is 1. The van der Waals surface area contributed by atoms with Crippen LogP contribution < -0.4 is 4.74 Å². The van der Waals surface area contributed by atoms with E-state index in [2.05, 4.69) is 16.9 Å². The zero-order valence-electron chi connectivity index (χ0n) is 13.0. The fraction of sp³-hybridized carbons (Fsp3) is 0.733. The van der Waals surface area contributed by atoms with Crippen LogP contribution in [0.4, 0.5) is 0 Å². The van der Waals surface area contributed by atoms with Crippen LogP contribution in [0, 0.1) is 0 Å². The summed E-state index contributed by atoms with van der Waals surface area (Å²) < 4.78 is 7.07. The lowest BCUT2D eigenvalue weighted by atomic mass is 9.89. The van der Waals surface area contributed by atoms with Crippen LogP contribution in [0.3, 0.4) is 0 Å². The van der Waals surface area contributed by atoms with Crippen molar-refractivity contribution >= 4 is 5.78 Å². The highest BCUT2D eigenvalue weighted by Gasteiger charge is 2.42. The molecule has 1 aromatic rings. The standard InChI is InChI=1S/C15H25N3O2/c1-5-15(3,17-9-7-8-10-17)14(19)13-12(20-4)11-16-18(13)6-2/h11H,5-10H2,1-4H3. The van der Waals surface area contributed by atoms with Gasteiger partial charge in [-0.2, -0.15) is 5.10 Å². The van der Waals surface area contributed by atoms with Crippen LogP contribution in [-0.4, -0.2) is 46.2 Å². The zero-order valence-corrected chi connectivity index (χ0v) is 13.0. The Kier molecular flexibility index (Phi) is 4.48. The van der Waals surface area contributed by atoms with E-state index in [-0.39, 0.29) is 5.78 Å². The highest BCUT2D eigenvalue weighted by molar-refractivity contribution is 6.03. The number of rotatable bonds is 6. The van der Waals surface area contributed by atoms with Crippen molar-refractivity contribution < 1.29 is 9.53 Å². The summed E-state index contributed by atoms with van der Waals surface area (Å²) in [6, 6.07) is 0. The monoisotopic (exact) mass is 279 g/mol. The molecule has 1 aromatic heterocycles. The second-order valence-electron chi connectivity index (χ2n) is 5.53. The van der Waals surface area contributed by atoms with Crippen molar-refractivity contribution in [2.45, 2.75) is 52.1 Å². The van der Waals surface area contributed by atoms with Crippen LogP contribution in [0.2, 0.25) is 0 Å². The molecule has 0 amide bonds. The molecule has 1 fully saturated rings. The van der Waals surface area contributed by atoms with Gasteiger partial charge in [0.2, 0.25) is 5.78 Å². The van der Waals surface area contributed by atoms with Gasteiger partial charge in [-0.15, -0.1) is 0 Å². The number of likely N-dealkylation sites (tertiary alicyclic amines) is 1. The fourth-order valence-electron chi connectivity index (χ4n) is 2.98. The normalized spacial score (nSPS) is 19.0. The summed E-state index contributed by atoms with van der Waals surface area (Å²) in [6.07, 6.45) is 4.78. The molecule has 0 bridgehead atoms. The van der Waals surface area contributed by atoms with Crippen molar-refractivity contribution in [1.29, 1.82) is 0 Å². The maximum absolute atomic E-state index is 13.1. The highest BCUT2D eigenvalue weighted by Crippen LogP contribution is 2.31. The second-order valence-corrected chi connectivity index (χ2v) is 5.53. The van der Waals surface area contributed by atoms with E-state index in [1.54, 1.807) is 18.0 Å². The predicted molar refractivity (Wildman–Crippen MR) is 78.3 cm³/mol. The molecule has 1 unspecified atom stereocenters. The van der Waals surface area contributed by atoms with Crippen LogP contribution in [0.25, 0.3) is 0 Å². The molecular weight excluding hydrogens is 254 g/mol. The Morgan fingerprint density at radius 2 is 2.05 bits per heavy atom. The maximum atomic E-state index is 13.1. The summed E-state index contributed by atoms with van der Waals surface area (Å²) in [5.41, 5.74) is 0.141. The first-order valence-corrected chi connectivity index (χ1v) is 7.48. The number of hydrogen-bond acceptors (Lipinski definition) is 4. The Morgan fingerprint density at radius 3 is 2.55 bits per heavy atom. The van der Waals surface area contributed by atoms with E-state index in [9.17, 15) is 4.79 Å². The lowest BCUT2D eigenvalue weighted by Crippen LogP contribution is -2.51. The van der Waals surface area contributed by atoms with Gasteiger partial charge in [0.05, 0.1) is 18.8 Å². The number of Topliss-reactive ketones (excluding diaryl/α,β-unsaturated/α-hetero) is 1. The molecule has 0 aromatic carbocycles. The number of aromatic nitrogens is 2. The number of nitrogens with zero attached hydrogens (tertiary/aromatic N) is 3. The second kappa shape index (κ2) is 5.95. The van der Waals surface area contributed by atoms with Gasteiger partial charge in [0.1, 0.15) is 5.69 Å². The van der Waals surface area contributed by atoms with Gasteiger partial charge in [0.15, 0.2) is 5.75 Å². The first-order valence-electron chi connectivity index (χ1n) is 7.48. The average Bonchev–Trinajstić information content (AvgIpc) is 3.13. The third kappa shape index (κ3) is 2.35. The molecule has 1 atom stereocenters. The molecule has 5 nitrogen and oxygen atoms in total. The summed E-state index contributed by atoms with van der Waals surface area (Å²) in [7, 11) is 1.59. The Balaban J connectivity index is 2.39. The predicted octanol–water partition coefficient (Wildman–Crippen LogP) is 2.36. The van der Waals surface area contributed by atoms with Gasteiger partial charge in [-0.25, -0.2) is 0 Å². The quantitative estimate of drug-likeness (QED) is 0.750. The smallest absolute Gasteiger partial charge is 0.204 e. The molecule has 5 heteroatoms. The van der Waals surface area contributed by atoms with Gasteiger partial charge in [-0.05, 0) is 46.2 Å². The maximum Gasteiger partial charge on any atom is 0.204 e. The van der Waals surface area contributed by atoms with Crippen LogP contribution in [0.5, 0.6) is 5.75 Å². The average molecular weight is 279 g/mol. The van der Waals surface area contributed by atoms with E-state index >= 15 is 0 Å².